The van der Waals surface area contributed by atoms with Crippen LogP contribution in [-0.4, -0.2) is 30.2 Å². The number of benzene rings is 2. The van der Waals surface area contributed by atoms with Gasteiger partial charge in [-0.15, -0.1) is 0 Å². The summed E-state index contributed by atoms with van der Waals surface area (Å²) >= 11 is 0. The van der Waals surface area contributed by atoms with Gasteiger partial charge in [0, 0.05) is 22.9 Å². The number of halogens is 1. The number of aromatic nitrogens is 1. The minimum atomic E-state index is -0.569. The molecule has 0 aliphatic carbocycles. The topological polar surface area (TPSA) is 80.7 Å². The van der Waals surface area contributed by atoms with Crippen LogP contribution in [0.1, 0.15) is 40.1 Å². The van der Waals surface area contributed by atoms with E-state index < -0.39 is 5.95 Å². The van der Waals surface area contributed by atoms with Gasteiger partial charge in [-0.25, -0.2) is 4.98 Å². The first-order valence-electron chi connectivity index (χ1n) is 9.76. The zero-order valence-electron chi connectivity index (χ0n) is 17.9. The Balaban J connectivity index is 1.91. The molecule has 2 aromatic carbocycles. The highest BCUT2D eigenvalue weighted by Crippen LogP contribution is 2.28. The van der Waals surface area contributed by atoms with Crippen molar-refractivity contribution in [2.45, 2.75) is 26.5 Å². The Kier molecular flexibility index (Phi) is 6.87. The molecule has 0 spiro atoms. The number of carbonyl (C=O) groups is 1. The standard InChI is InChI=1S/C24H25FN2O4/c1-14(17-10-20(30-3)12-21(11-17)31-4)27-24(29)19-8-16(13-28)7-18(9-19)22-5-6-23(25)26-15(22)2/h5-12,14,28H,13H2,1-4H3,(H,27,29). The van der Waals surface area contributed by atoms with Crippen LogP contribution in [0.2, 0.25) is 0 Å². The summed E-state index contributed by atoms with van der Waals surface area (Å²) in [5.74, 6) is 0.372. The normalized spacial score (nSPS) is 11.7. The summed E-state index contributed by atoms with van der Waals surface area (Å²) in [6.07, 6.45) is 0. The average Bonchev–Trinajstić information content (AvgIpc) is 2.78. The number of nitrogens with zero attached hydrogens (tertiary/aromatic N) is 1. The van der Waals surface area contributed by atoms with Crippen molar-refractivity contribution in [3.8, 4) is 22.6 Å². The van der Waals surface area contributed by atoms with Crippen LogP contribution in [0.4, 0.5) is 4.39 Å². The second-order valence-electron chi connectivity index (χ2n) is 7.18. The van der Waals surface area contributed by atoms with Crippen molar-refractivity contribution >= 4 is 5.91 Å². The van der Waals surface area contributed by atoms with Gasteiger partial charge in [0.15, 0.2) is 0 Å². The monoisotopic (exact) mass is 424 g/mol. The molecule has 1 aromatic heterocycles. The van der Waals surface area contributed by atoms with Crippen LogP contribution in [0.15, 0.2) is 48.5 Å². The number of methoxy groups -OCH3 is 2. The molecule has 162 valence electrons. The van der Waals surface area contributed by atoms with Gasteiger partial charge in [-0.1, -0.05) is 0 Å². The summed E-state index contributed by atoms with van der Waals surface area (Å²) < 4.78 is 24.0. The van der Waals surface area contributed by atoms with E-state index in [9.17, 15) is 14.3 Å². The summed E-state index contributed by atoms with van der Waals surface area (Å²) in [5, 5.41) is 12.6. The maximum Gasteiger partial charge on any atom is 0.251 e. The lowest BCUT2D eigenvalue weighted by atomic mass is 9.98. The Labute approximate surface area is 180 Å². The van der Waals surface area contributed by atoms with Crippen LogP contribution in [0.25, 0.3) is 11.1 Å². The number of hydrogen-bond acceptors (Lipinski definition) is 5. The van der Waals surface area contributed by atoms with Crippen LogP contribution >= 0.6 is 0 Å². The van der Waals surface area contributed by atoms with Crippen LogP contribution in [0, 0.1) is 12.9 Å². The number of pyridine rings is 1. The fourth-order valence-corrected chi connectivity index (χ4v) is 3.35. The molecule has 2 N–H and O–H groups in total. The number of aliphatic hydroxyl groups excluding tert-OH is 1. The Morgan fingerprint density at radius 1 is 1.10 bits per heavy atom. The van der Waals surface area contributed by atoms with Crippen molar-refractivity contribution in [2.24, 2.45) is 0 Å². The molecule has 0 saturated heterocycles. The Morgan fingerprint density at radius 2 is 1.77 bits per heavy atom. The molecule has 0 radical (unpaired) electrons. The Bertz CT molecular complexity index is 1080. The number of ether oxygens (including phenoxy) is 2. The summed E-state index contributed by atoms with van der Waals surface area (Å²) in [7, 11) is 3.13. The van der Waals surface area contributed by atoms with Crippen LogP contribution in [0.5, 0.6) is 11.5 Å². The molecule has 31 heavy (non-hydrogen) atoms. The third kappa shape index (κ3) is 5.19. The number of aryl methyl sites for hydroxylation is 1. The van der Waals surface area contributed by atoms with E-state index in [1.807, 2.05) is 19.1 Å². The van der Waals surface area contributed by atoms with E-state index in [0.29, 0.717) is 39.4 Å². The van der Waals surface area contributed by atoms with Crippen molar-refractivity contribution in [2.75, 3.05) is 14.2 Å². The number of nitrogens with one attached hydrogen (secondary N) is 1. The first kappa shape index (κ1) is 22.2. The smallest absolute Gasteiger partial charge is 0.251 e. The van der Waals surface area contributed by atoms with Crippen LogP contribution < -0.4 is 14.8 Å². The molecular formula is C24H25FN2O4. The van der Waals surface area contributed by atoms with Crippen LogP contribution in [0.3, 0.4) is 0 Å². The van der Waals surface area contributed by atoms with Crippen molar-refractivity contribution in [1.82, 2.24) is 10.3 Å². The number of hydrogen-bond donors (Lipinski definition) is 2. The van der Waals surface area contributed by atoms with Gasteiger partial charge in [-0.3, -0.25) is 4.79 Å². The first-order chi connectivity index (χ1) is 14.8. The largest absolute Gasteiger partial charge is 0.497 e. The predicted octanol–water partition coefficient (Wildman–Crippen LogP) is 4.20. The Hall–Kier alpha value is -3.45. The van der Waals surface area contributed by atoms with Gasteiger partial charge < -0.3 is 19.9 Å². The molecule has 0 saturated carbocycles. The highest BCUT2D eigenvalue weighted by molar-refractivity contribution is 5.96. The van der Waals surface area contributed by atoms with E-state index in [2.05, 4.69) is 10.3 Å². The second-order valence-corrected chi connectivity index (χ2v) is 7.18. The van der Waals surface area contributed by atoms with Gasteiger partial charge in [-0.05, 0) is 73.0 Å². The molecule has 0 aliphatic rings. The van der Waals surface area contributed by atoms with E-state index >= 15 is 0 Å². The van der Waals surface area contributed by atoms with E-state index in [1.165, 1.54) is 6.07 Å². The maximum absolute atomic E-state index is 13.4. The lowest BCUT2D eigenvalue weighted by Gasteiger charge is -2.17. The molecule has 1 atom stereocenters. The number of amides is 1. The van der Waals surface area contributed by atoms with Gasteiger partial charge in [-0.2, -0.15) is 4.39 Å². The minimum Gasteiger partial charge on any atom is -0.497 e. The molecule has 1 heterocycles. The molecule has 0 aliphatic heterocycles. The van der Waals surface area contributed by atoms with E-state index in [-0.39, 0.29) is 18.6 Å². The quantitative estimate of drug-likeness (QED) is 0.556. The second kappa shape index (κ2) is 9.57. The zero-order chi connectivity index (χ0) is 22.5. The number of rotatable bonds is 7. The van der Waals surface area contributed by atoms with E-state index in [1.54, 1.807) is 51.5 Å². The predicted molar refractivity (Wildman–Crippen MR) is 116 cm³/mol. The maximum atomic E-state index is 13.4. The molecule has 1 unspecified atom stereocenters. The molecule has 0 bridgehead atoms. The molecule has 1 amide bonds. The van der Waals surface area contributed by atoms with Crippen molar-refractivity contribution in [3.05, 3.63) is 76.9 Å². The Morgan fingerprint density at radius 3 is 2.35 bits per heavy atom. The number of aliphatic hydroxyl groups is 1. The summed E-state index contributed by atoms with van der Waals surface area (Å²) in [6.45, 7) is 3.32. The fraction of sp³-hybridized carbons (Fsp3) is 0.250. The molecule has 3 rings (SSSR count). The van der Waals surface area contributed by atoms with Crippen molar-refractivity contribution in [1.29, 1.82) is 0 Å². The van der Waals surface area contributed by atoms with E-state index in [0.717, 1.165) is 5.56 Å². The van der Waals surface area contributed by atoms with Gasteiger partial charge in [0.25, 0.3) is 5.91 Å². The van der Waals surface area contributed by atoms with Gasteiger partial charge in [0.05, 0.1) is 26.9 Å². The van der Waals surface area contributed by atoms with Gasteiger partial charge >= 0.3 is 0 Å². The van der Waals surface area contributed by atoms with E-state index in [4.69, 9.17) is 9.47 Å². The summed E-state index contributed by atoms with van der Waals surface area (Å²) in [6, 6.07) is 13.1. The third-order valence-electron chi connectivity index (χ3n) is 5.02. The molecule has 7 heteroatoms. The highest BCUT2D eigenvalue weighted by atomic mass is 19.1. The zero-order valence-corrected chi connectivity index (χ0v) is 17.9. The first-order valence-corrected chi connectivity index (χ1v) is 9.76. The van der Waals surface area contributed by atoms with Crippen molar-refractivity contribution in [3.63, 3.8) is 0 Å². The fourth-order valence-electron chi connectivity index (χ4n) is 3.35. The van der Waals surface area contributed by atoms with Crippen LogP contribution in [-0.2, 0) is 6.61 Å². The van der Waals surface area contributed by atoms with Gasteiger partial charge in [0.2, 0.25) is 5.95 Å². The molecule has 0 fully saturated rings. The third-order valence-corrected chi connectivity index (χ3v) is 5.02. The minimum absolute atomic E-state index is 0.232. The average molecular weight is 424 g/mol. The summed E-state index contributed by atoms with van der Waals surface area (Å²) in [4.78, 5) is 16.8. The highest BCUT2D eigenvalue weighted by Gasteiger charge is 2.16. The number of carbonyl (C=O) groups excluding carboxylic acids is 1. The van der Waals surface area contributed by atoms with Crippen molar-refractivity contribution < 1.29 is 23.8 Å². The lowest BCUT2D eigenvalue weighted by molar-refractivity contribution is 0.0939. The lowest BCUT2D eigenvalue weighted by Crippen LogP contribution is -2.26. The molecule has 6 nitrogen and oxygen atoms in total. The SMILES string of the molecule is COc1cc(OC)cc(C(C)NC(=O)c2cc(CO)cc(-c3ccc(F)nc3C)c2)c1. The summed E-state index contributed by atoms with van der Waals surface area (Å²) in [5.41, 5.74) is 3.64. The van der Waals surface area contributed by atoms with Gasteiger partial charge in [0.1, 0.15) is 11.5 Å². The molecule has 3 aromatic rings. The molecular weight excluding hydrogens is 399 g/mol.